The van der Waals surface area contributed by atoms with Crippen LogP contribution in [0.3, 0.4) is 0 Å². The molecule has 1 amide bonds. The lowest BCUT2D eigenvalue weighted by molar-refractivity contribution is -0.140. The number of hydrogen-bond acceptors (Lipinski definition) is 5. The van der Waals surface area contributed by atoms with Crippen molar-refractivity contribution < 1.29 is 14.7 Å². The number of aryl methyl sites for hydroxylation is 1. The van der Waals surface area contributed by atoms with Crippen LogP contribution < -0.4 is 0 Å². The average Bonchev–Trinajstić information content (AvgIpc) is 3.27. The molecule has 172 valence electrons. The Hall–Kier alpha value is -2.97. The van der Waals surface area contributed by atoms with Crippen molar-refractivity contribution in [2.45, 2.75) is 26.8 Å². The Bertz CT molecular complexity index is 1250. The minimum Gasteiger partial charge on any atom is -0.505 e. The number of fused-ring (bicyclic) bond motifs is 1. The third-order valence-corrected chi connectivity index (χ3v) is 6.68. The fraction of sp³-hybridized carbons (Fsp3) is 0.320. The van der Waals surface area contributed by atoms with Crippen LogP contribution in [0.5, 0.6) is 0 Å². The number of Topliss-reactive ketones (excluding diaryl/α,β-unsaturated/α-hetero) is 1. The molecule has 3 heterocycles. The number of benzene rings is 1. The number of imidazole rings is 1. The number of hydrogen-bond donors (Lipinski definition) is 1. The maximum absolute atomic E-state index is 13.3. The number of rotatable bonds is 7. The highest BCUT2D eigenvalue weighted by atomic mass is 79.9. The van der Waals surface area contributed by atoms with Crippen LogP contribution in [0.15, 0.2) is 58.7 Å². The summed E-state index contributed by atoms with van der Waals surface area (Å²) in [4.78, 5) is 34.7. The summed E-state index contributed by atoms with van der Waals surface area (Å²) < 4.78 is 2.58. The minimum atomic E-state index is -0.688. The Balaban J connectivity index is 1.88. The zero-order valence-electron chi connectivity index (χ0n) is 19.0. The molecule has 1 aliphatic rings. The van der Waals surface area contributed by atoms with E-state index in [1.807, 2.05) is 42.5 Å². The fourth-order valence-electron chi connectivity index (χ4n) is 4.45. The van der Waals surface area contributed by atoms with Crippen molar-refractivity contribution in [3.05, 3.63) is 75.7 Å². The second-order valence-corrected chi connectivity index (χ2v) is 8.96. The maximum Gasteiger partial charge on any atom is 0.295 e. The van der Waals surface area contributed by atoms with Gasteiger partial charge in [-0.3, -0.25) is 14.0 Å². The number of halogens is 1. The molecule has 7 nitrogen and oxygen atoms in total. The number of pyridine rings is 1. The molecule has 3 aromatic rings. The van der Waals surface area contributed by atoms with E-state index in [4.69, 9.17) is 0 Å². The Kier molecular flexibility index (Phi) is 6.67. The summed E-state index contributed by atoms with van der Waals surface area (Å²) in [6.07, 6.45) is 1.79. The molecular formula is C25H27BrN4O3. The van der Waals surface area contributed by atoms with Gasteiger partial charge in [-0.2, -0.15) is 0 Å². The first kappa shape index (κ1) is 23.2. The van der Waals surface area contributed by atoms with Crippen LogP contribution in [-0.2, 0) is 9.59 Å². The molecule has 0 spiro atoms. The van der Waals surface area contributed by atoms with E-state index in [-0.39, 0.29) is 11.3 Å². The van der Waals surface area contributed by atoms with Gasteiger partial charge in [-0.1, -0.05) is 48.0 Å². The highest BCUT2D eigenvalue weighted by molar-refractivity contribution is 9.10. The van der Waals surface area contributed by atoms with E-state index in [1.165, 1.54) is 0 Å². The standard InChI is InChI=1S/C25H27BrN4O3/c1-4-28(5-2)13-14-30-22(17-9-8-10-18(26)15-17)20(24(32)25(30)33)23(31)21-16(3)27-19-11-6-7-12-29(19)21/h6-12,15,22,31H,4-5,13-14H2,1-3H3. The smallest absolute Gasteiger partial charge is 0.295 e. The Labute approximate surface area is 201 Å². The first-order chi connectivity index (χ1) is 15.9. The van der Waals surface area contributed by atoms with Crippen LogP contribution in [0, 0.1) is 6.92 Å². The van der Waals surface area contributed by atoms with Gasteiger partial charge in [0, 0.05) is 23.8 Å². The minimum absolute atomic E-state index is 0.0893. The SMILES string of the molecule is CCN(CC)CCN1C(=O)C(=O)C(=C(O)c2c(C)nc3ccccn23)C1c1cccc(Br)c1. The summed E-state index contributed by atoms with van der Waals surface area (Å²) in [5.41, 5.74) is 2.52. The van der Waals surface area contributed by atoms with Gasteiger partial charge in [0.1, 0.15) is 11.3 Å². The summed E-state index contributed by atoms with van der Waals surface area (Å²) in [6.45, 7) is 8.64. The topological polar surface area (TPSA) is 78.2 Å². The zero-order valence-corrected chi connectivity index (χ0v) is 20.5. The lowest BCUT2D eigenvalue weighted by Gasteiger charge is -2.28. The van der Waals surface area contributed by atoms with Crippen molar-refractivity contribution in [3.8, 4) is 0 Å². The molecule has 0 saturated carbocycles. The van der Waals surface area contributed by atoms with Gasteiger partial charge >= 0.3 is 0 Å². The summed E-state index contributed by atoms with van der Waals surface area (Å²) in [5, 5.41) is 11.5. The lowest BCUT2D eigenvalue weighted by Crippen LogP contribution is -2.38. The number of nitrogens with zero attached hydrogens (tertiary/aromatic N) is 4. The number of carbonyl (C=O) groups excluding carboxylic acids is 2. The van der Waals surface area contributed by atoms with Gasteiger partial charge in [0.2, 0.25) is 0 Å². The normalized spacial score (nSPS) is 18.1. The summed E-state index contributed by atoms with van der Waals surface area (Å²) in [7, 11) is 0. The average molecular weight is 511 g/mol. The quantitative estimate of drug-likeness (QED) is 0.293. The largest absolute Gasteiger partial charge is 0.505 e. The molecule has 1 unspecified atom stereocenters. The Morgan fingerprint density at radius 2 is 1.91 bits per heavy atom. The molecule has 0 radical (unpaired) electrons. The van der Waals surface area contributed by atoms with Crippen molar-refractivity contribution in [2.75, 3.05) is 26.2 Å². The van der Waals surface area contributed by atoms with Crippen LogP contribution in [0.1, 0.15) is 36.8 Å². The number of carbonyl (C=O) groups is 2. The Morgan fingerprint density at radius 3 is 2.61 bits per heavy atom. The monoisotopic (exact) mass is 510 g/mol. The third-order valence-electron chi connectivity index (χ3n) is 6.18. The molecule has 1 aliphatic heterocycles. The molecule has 0 bridgehead atoms. The van der Waals surface area contributed by atoms with Gasteiger partial charge in [0.25, 0.3) is 11.7 Å². The lowest BCUT2D eigenvalue weighted by atomic mass is 9.96. The van der Waals surface area contributed by atoms with E-state index in [9.17, 15) is 14.7 Å². The molecule has 33 heavy (non-hydrogen) atoms. The van der Waals surface area contributed by atoms with Crippen LogP contribution in [0.4, 0.5) is 0 Å². The number of likely N-dealkylation sites (N-methyl/N-ethyl adjacent to an activating group) is 1. The second kappa shape index (κ2) is 9.49. The van der Waals surface area contributed by atoms with E-state index < -0.39 is 17.7 Å². The molecule has 0 aliphatic carbocycles. The van der Waals surface area contributed by atoms with Crippen LogP contribution >= 0.6 is 15.9 Å². The number of aromatic nitrogens is 2. The van der Waals surface area contributed by atoms with Gasteiger partial charge in [0.05, 0.1) is 17.3 Å². The first-order valence-corrected chi connectivity index (χ1v) is 11.9. The van der Waals surface area contributed by atoms with Gasteiger partial charge in [-0.15, -0.1) is 0 Å². The fourth-order valence-corrected chi connectivity index (χ4v) is 4.87. The maximum atomic E-state index is 13.3. The molecule has 8 heteroatoms. The highest BCUT2D eigenvalue weighted by Crippen LogP contribution is 2.40. The molecule has 1 fully saturated rings. The molecule has 1 aromatic carbocycles. The van der Waals surface area contributed by atoms with Gasteiger partial charge in [-0.05, 0) is 49.8 Å². The molecule has 1 atom stereocenters. The van der Waals surface area contributed by atoms with E-state index in [0.29, 0.717) is 30.1 Å². The van der Waals surface area contributed by atoms with Gasteiger partial charge < -0.3 is 14.9 Å². The number of aliphatic hydroxyl groups excluding tert-OH is 1. The predicted molar refractivity (Wildman–Crippen MR) is 131 cm³/mol. The van der Waals surface area contributed by atoms with E-state index in [2.05, 4.69) is 39.7 Å². The molecule has 1 N–H and O–H groups in total. The van der Waals surface area contributed by atoms with E-state index >= 15 is 0 Å². The van der Waals surface area contributed by atoms with Crippen molar-refractivity contribution in [1.29, 1.82) is 0 Å². The Morgan fingerprint density at radius 1 is 1.15 bits per heavy atom. The van der Waals surface area contributed by atoms with Crippen LogP contribution in [0.2, 0.25) is 0 Å². The highest BCUT2D eigenvalue weighted by Gasteiger charge is 2.46. The van der Waals surface area contributed by atoms with Gasteiger partial charge in [0.15, 0.2) is 5.76 Å². The number of ketones is 1. The molecule has 1 saturated heterocycles. The predicted octanol–water partition coefficient (Wildman–Crippen LogP) is 4.17. The number of aliphatic hydroxyl groups is 1. The molecule has 2 aromatic heterocycles. The summed E-state index contributed by atoms with van der Waals surface area (Å²) in [5.74, 6) is -1.48. The van der Waals surface area contributed by atoms with Crippen molar-refractivity contribution in [3.63, 3.8) is 0 Å². The van der Waals surface area contributed by atoms with Crippen LogP contribution in [-0.4, -0.2) is 62.2 Å². The number of likely N-dealkylation sites (tertiary alicyclic amines) is 1. The molecule has 4 rings (SSSR count). The van der Waals surface area contributed by atoms with Crippen molar-refractivity contribution >= 4 is 39.0 Å². The number of amides is 1. The van der Waals surface area contributed by atoms with Crippen molar-refractivity contribution in [2.24, 2.45) is 0 Å². The summed E-state index contributed by atoms with van der Waals surface area (Å²) in [6, 6.07) is 12.3. The third kappa shape index (κ3) is 4.20. The van der Waals surface area contributed by atoms with Crippen molar-refractivity contribution in [1.82, 2.24) is 19.2 Å². The first-order valence-electron chi connectivity index (χ1n) is 11.1. The van der Waals surface area contributed by atoms with Crippen LogP contribution in [0.25, 0.3) is 11.4 Å². The molecular weight excluding hydrogens is 484 g/mol. The van der Waals surface area contributed by atoms with Gasteiger partial charge in [-0.25, -0.2) is 4.98 Å². The van der Waals surface area contributed by atoms with E-state index in [0.717, 1.165) is 23.1 Å². The second-order valence-electron chi connectivity index (χ2n) is 8.05. The zero-order chi connectivity index (χ0) is 23.7. The summed E-state index contributed by atoms with van der Waals surface area (Å²) >= 11 is 3.49. The van der Waals surface area contributed by atoms with E-state index in [1.54, 1.807) is 22.4 Å².